The molecule has 0 bridgehead atoms. The maximum Gasteiger partial charge on any atom is 0.230 e. The number of nitrogens with zero attached hydrogens (tertiary/aromatic N) is 3. The molecule has 0 aliphatic heterocycles. The predicted molar refractivity (Wildman–Crippen MR) is 79.6 cm³/mol. The molecule has 0 fully saturated rings. The minimum atomic E-state index is -0.381. The molecule has 5 nitrogen and oxygen atoms in total. The zero-order chi connectivity index (χ0) is 14.8. The Morgan fingerprint density at radius 1 is 1.48 bits per heavy atom. The van der Waals surface area contributed by atoms with Gasteiger partial charge >= 0.3 is 0 Å². The van der Waals surface area contributed by atoms with E-state index in [9.17, 15) is 9.18 Å². The highest BCUT2D eigenvalue weighted by Crippen LogP contribution is 2.27. The Bertz CT molecular complexity index is 768. The van der Waals surface area contributed by atoms with Crippen LogP contribution < -0.4 is 5.32 Å². The zero-order valence-electron chi connectivity index (χ0n) is 11.3. The van der Waals surface area contributed by atoms with E-state index in [4.69, 9.17) is 0 Å². The quantitative estimate of drug-likeness (QED) is 0.806. The van der Waals surface area contributed by atoms with Gasteiger partial charge in [-0.2, -0.15) is 5.10 Å². The van der Waals surface area contributed by atoms with Crippen LogP contribution in [-0.2, 0) is 11.3 Å². The second-order valence-electron chi connectivity index (χ2n) is 4.72. The molecule has 0 radical (unpaired) electrons. The first kappa shape index (κ1) is 13.7. The second kappa shape index (κ2) is 5.61. The molecule has 21 heavy (non-hydrogen) atoms. The number of halogens is 1. The molecule has 1 N–H and O–H groups in total. The Morgan fingerprint density at radius 2 is 2.33 bits per heavy atom. The van der Waals surface area contributed by atoms with Crippen molar-refractivity contribution < 1.29 is 9.18 Å². The van der Waals surface area contributed by atoms with Crippen LogP contribution in [0.2, 0.25) is 0 Å². The van der Waals surface area contributed by atoms with Gasteiger partial charge in [0.05, 0.1) is 17.2 Å². The molecule has 1 atom stereocenters. The molecule has 1 unspecified atom stereocenters. The monoisotopic (exact) mass is 304 g/mol. The van der Waals surface area contributed by atoms with Gasteiger partial charge in [-0.1, -0.05) is 24.3 Å². The number of nitrogens with one attached hydrogen (secondary N) is 1. The summed E-state index contributed by atoms with van der Waals surface area (Å²) in [6.45, 7) is 2.29. The number of aromatic nitrogens is 3. The van der Waals surface area contributed by atoms with Crippen molar-refractivity contribution in [2.24, 2.45) is 5.92 Å². The first-order valence-electron chi connectivity index (χ1n) is 6.47. The highest BCUT2D eigenvalue weighted by Gasteiger charge is 2.16. The molecule has 108 valence electrons. The Morgan fingerprint density at radius 3 is 3.05 bits per heavy atom. The first-order chi connectivity index (χ1) is 10.1. The van der Waals surface area contributed by atoms with Crippen LogP contribution in [0.15, 0.2) is 36.7 Å². The summed E-state index contributed by atoms with van der Waals surface area (Å²) < 4.78 is 16.0. The third-order valence-electron chi connectivity index (χ3n) is 3.07. The van der Waals surface area contributed by atoms with Gasteiger partial charge in [-0.25, -0.2) is 9.37 Å². The highest BCUT2D eigenvalue weighted by molar-refractivity contribution is 7.22. The molecule has 0 saturated carbocycles. The summed E-state index contributed by atoms with van der Waals surface area (Å²) in [6.07, 6.45) is 3.47. The van der Waals surface area contributed by atoms with Gasteiger partial charge in [-0.05, 0) is 18.2 Å². The lowest BCUT2D eigenvalue weighted by molar-refractivity contribution is -0.119. The van der Waals surface area contributed by atoms with Gasteiger partial charge in [0.1, 0.15) is 11.3 Å². The van der Waals surface area contributed by atoms with Gasteiger partial charge < -0.3 is 5.32 Å². The molecule has 1 aromatic carbocycles. The lowest BCUT2D eigenvalue weighted by Crippen LogP contribution is -2.24. The van der Waals surface area contributed by atoms with E-state index in [0.29, 0.717) is 16.4 Å². The van der Waals surface area contributed by atoms with Crippen LogP contribution in [0.5, 0.6) is 0 Å². The smallest absolute Gasteiger partial charge is 0.230 e. The molecule has 1 amide bonds. The molecule has 0 saturated heterocycles. The van der Waals surface area contributed by atoms with Crippen LogP contribution in [0.3, 0.4) is 0 Å². The largest absolute Gasteiger partial charge is 0.302 e. The zero-order valence-corrected chi connectivity index (χ0v) is 12.1. The Labute approximate surface area is 124 Å². The standard InChI is InChI=1S/C14H13FN4OS/c1-9(8-19-7-3-6-16-19)13(20)18-14-17-12-10(15)4-2-5-11(12)21-14/h2-7,9H,8H2,1H3,(H,17,18,20). The number of para-hydroxylation sites is 1. The molecular formula is C14H13FN4OS. The Hall–Kier alpha value is -2.28. The fourth-order valence-electron chi connectivity index (χ4n) is 1.97. The third kappa shape index (κ3) is 2.92. The van der Waals surface area contributed by atoms with E-state index in [2.05, 4.69) is 15.4 Å². The summed E-state index contributed by atoms with van der Waals surface area (Å²) in [5.41, 5.74) is 0.289. The van der Waals surface area contributed by atoms with E-state index in [0.717, 1.165) is 0 Å². The SMILES string of the molecule is CC(Cn1cccn1)C(=O)Nc1nc2c(F)cccc2s1. The number of hydrogen-bond donors (Lipinski definition) is 1. The van der Waals surface area contributed by atoms with E-state index >= 15 is 0 Å². The average Bonchev–Trinajstić information content (AvgIpc) is 3.08. The number of carbonyl (C=O) groups excluding carboxylic acids is 1. The molecule has 2 heterocycles. The molecule has 2 aromatic heterocycles. The maximum absolute atomic E-state index is 13.6. The number of fused-ring (bicyclic) bond motifs is 1. The number of hydrogen-bond acceptors (Lipinski definition) is 4. The van der Waals surface area contributed by atoms with Crippen molar-refractivity contribution in [2.45, 2.75) is 13.5 Å². The summed E-state index contributed by atoms with van der Waals surface area (Å²) in [7, 11) is 0. The van der Waals surface area contributed by atoms with Crippen LogP contribution in [0.25, 0.3) is 10.2 Å². The predicted octanol–water partition coefficient (Wildman–Crippen LogP) is 2.91. The Kier molecular flexibility index (Phi) is 3.66. The topological polar surface area (TPSA) is 59.8 Å². The van der Waals surface area contributed by atoms with Crippen molar-refractivity contribution in [3.8, 4) is 0 Å². The molecule has 0 aliphatic carbocycles. The van der Waals surface area contributed by atoms with E-state index in [-0.39, 0.29) is 23.2 Å². The number of amides is 1. The van der Waals surface area contributed by atoms with Crippen LogP contribution in [0.4, 0.5) is 9.52 Å². The van der Waals surface area contributed by atoms with Gasteiger partial charge in [-0.3, -0.25) is 9.48 Å². The van der Waals surface area contributed by atoms with Crippen molar-refractivity contribution in [1.29, 1.82) is 0 Å². The van der Waals surface area contributed by atoms with Gasteiger partial charge in [0, 0.05) is 12.4 Å². The molecular weight excluding hydrogens is 291 g/mol. The summed E-state index contributed by atoms with van der Waals surface area (Å²) in [5, 5.41) is 7.21. The van der Waals surface area contributed by atoms with Crippen molar-refractivity contribution in [3.05, 3.63) is 42.5 Å². The summed E-state index contributed by atoms with van der Waals surface area (Å²) in [4.78, 5) is 16.2. The van der Waals surface area contributed by atoms with Gasteiger partial charge in [0.2, 0.25) is 5.91 Å². The number of benzene rings is 1. The number of carbonyl (C=O) groups is 1. The molecule has 3 aromatic rings. The summed E-state index contributed by atoms with van der Waals surface area (Å²) in [5.74, 6) is -0.805. The normalized spacial score (nSPS) is 12.5. The van der Waals surface area contributed by atoms with Gasteiger partial charge in [0.15, 0.2) is 5.13 Å². The summed E-state index contributed by atoms with van der Waals surface area (Å²) >= 11 is 1.26. The number of rotatable bonds is 4. The van der Waals surface area contributed by atoms with E-state index < -0.39 is 0 Å². The summed E-state index contributed by atoms with van der Waals surface area (Å²) in [6, 6.07) is 6.57. The van der Waals surface area contributed by atoms with Crippen LogP contribution >= 0.6 is 11.3 Å². The molecule has 7 heteroatoms. The van der Waals surface area contributed by atoms with E-state index in [1.165, 1.54) is 17.4 Å². The fraction of sp³-hybridized carbons (Fsp3) is 0.214. The van der Waals surface area contributed by atoms with E-state index in [1.54, 1.807) is 35.3 Å². The number of thiazole rings is 1. The van der Waals surface area contributed by atoms with Crippen molar-refractivity contribution in [2.75, 3.05) is 5.32 Å². The molecule has 3 rings (SSSR count). The minimum Gasteiger partial charge on any atom is -0.302 e. The lowest BCUT2D eigenvalue weighted by atomic mass is 10.2. The number of anilines is 1. The molecule has 0 spiro atoms. The average molecular weight is 304 g/mol. The lowest BCUT2D eigenvalue weighted by Gasteiger charge is -2.10. The van der Waals surface area contributed by atoms with Crippen LogP contribution in [0, 0.1) is 11.7 Å². The van der Waals surface area contributed by atoms with Crippen LogP contribution in [0.1, 0.15) is 6.92 Å². The maximum atomic E-state index is 13.6. The van der Waals surface area contributed by atoms with Crippen LogP contribution in [-0.4, -0.2) is 20.7 Å². The van der Waals surface area contributed by atoms with E-state index in [1.807, 2.05) is 6.92 Å². The minimum absolute atomic E-state index is 0.162. The molecule has 0 aliphatic rings. The van der Waals surface area contributed by atoms with Gasteiger partial charge in [0.25, 0.3) is 0 Å². The van der Waals surface area contributed by atoms with Gasteiger partial charge in [-0.15, -0.1) is 0 Å². The van der Waals surface area contributed by atoms with Crippen molar-refractivity contribution >= 4 is 32.6 Å². The first-order valence-corrected chi connectivity index (χ1v) is 7.28. The second-order valence-corrected chi connectivity index (χ2v) is 5.75. The fourth-order valence-corrected chi connectivity index (χ4v) is 2.85. The Balaban J connectivity index is 1.72. The third-order valence-corrected chi connectivity index (χ3v) is 4.00. The van der Waals surface area contributed by atoms with Crippen molar-refractivity contribution in [3.63, 3.8) is 0 Å². The highest BCUT2D eigenvalue weighted by atomic mass is 32.1. The van der Waals surface area contributed by atoms with Crippen molar-refractivity contribution in [1.82, 2.24) is 14.8 Å².